The van der Waals surface area contributed by atoms with Crippen LogP contribution >= 0.6 is 15.9 Å². The van der Waals surface area contributed by atoms with Gasteiger partial charge in [-0.05, 0) is 29.7 Å². The van der Waals surface area contributed by atoms with E-state index in [0.29, 0.717) is 0 Å². The van der Waals surface area contributed by atoms with Crippen molar-refractivity contribution in [2.24, 2.45) is 0 Å². The first-order valence-electron chi connectivity index (χ1n) is 7.78. The maximum Gasteiger partial charge on any atom is 0.220 e. The molecule has 4 rings (SSSR count). The summed E-state index contributed by atoms with van der Waals surface area (Å²) < 4.78 is 1.11. The number of halogens is 1. The van der Waals surface area contributed by atoms with Crippen LogP contribution in [-0.2, 0) is 11.2 Å². The molecule has 1 unspecified atom stereocenters. The third-order valence-electron chi connectivity index (χ3n) is 4.62. The number of aromatic nitrogens is 1. The highest BCUT2D eigenvalue weighted by Gasteiger charge is 2.33. The largest absolute Gasteiger partial charge is 0.356 e. The van der Waals surface area contributed by atoms with E-state index in [0.717, 1.165) is 34.2 Å². The van der Waals surface area contributed by atoms with Gasteiger partial charge in [-0.15, -0.1) is 0 Å². The summed E-state index contributed by atoms with van der Waals surface area (Å²) in [4.78, 5) is 17.7. The zero-order chi connectivity index (χ0) is 16.0. The molecule has 0 aliphatic carbocycles. The summed E-state index contributed by atoms with van der Waals surface area (Å²) in [7, 11) is 0. The van der Waals surface area contributed by atoms with E-state index in [1.165, 1.54) is 10.9 Å². The SMILES string of the molecule is CC(=O)N1CCc2c([nH]c3cccc(Br)c23)C1c1ccccc1. The fourth-order valence-electron chi connectivity index (χ4n) is 3.62. The van der Waals surface area contributed by atoms with Crippen molar-refractivity contribution in [3.05, 3.63) is 69.8 Å². The highest BCUT2D eigenvalue weighted by atomic mass is 79.9. The topological polar surface area (TPSA) is 36.1 Å². The number of hydrogen-bond donors (Lipinski definition) is 1. The Balaban J connectivity index is 1.97. The summed E-state index contributed by atoms with van der Waals surface area (Å²) in [5, 5.41) is 1.24. The van der Waals surface area contributed by atoms with Crippen molar-refractivity contribution >= 4 is 32.7 Å². The second-order valence-corrected chi connectivity index (χ2v) is 6.81. The molecule has 0 saturated carbocycles. The van der Waals surface area contributed by atoms with Crippen LogP contribution in [0.3, 0.4) is 0 Å². The normalized spacial score (nSPS) is 17.3. The lowest BCUT2D eigenvalue weighted by atomic mass is 9.92. The molecule has 3 aromatic rings. The van der Waals surface area contributed by atoms with Gasteiger partial charge in [0.1, 0.15) is 0 Å². The lowest BCUT2D eigenvalue weighted by Gasteiger charge is -2.35. The van der Waals surface area contributed by atoms with E-state index in [-0.39, 0.29) is 11.9 Å². The van der Waals surface area contributed by atoms with Gasteiger partial charge in [0.2, 0.25) is 5.91 Å². The second kappa shape index (κ2) is 5.53. The van der Waals surface area contributed by atoms with Crippen molar-refractivity contribution in [2.75, 3.05) is 6.54 Å². The fourth-order valence-corrected chi connectivity index (χ4v) is 4.23. The first-order valence-corrected chi connectivity index (χ1v) is 8.57. The Morgan fingerprint density at radius 2 is 1.96 bits per heavy atom. The third-order valence-corrected chi connectivity index (χ3v) is 5.28. The molecule has 1 N–H and O–H groups in total. The van der Waals surface area contributed by atoms with Crippen molar-refractivity contribution in [1.29, 1.82) is 0 Å². The molecular weight excluding hydrogens is 352 g/mol. The van der Waals surface area contributed by atoms with Gasteiger partial charge in [0.05, 0.1) is 6.04 Å². The van der Waals surface area contributed by atoms with Gasteiger partial charge in [0.25, 0.3) is 0 Å². The molecular formula is C19H17BrN2O. The van der Waals surface area contributed by atoms with E-state index in [1.54, 1.807) is 6.92 Å². The van der Waals surface area contributed by atoms with Crippen LogP contribution in [0, 0.1) is 0 Å². The average molecular weight is 369 g/mol. The Labute approximate surface area is 143 Å². The lowest BCUT2D eigenvalue weighted by Crippen LogP contribution is -2.39. The zero-order valence-corrected chi connectivity index (χ0v) is 14.4. The van der Waals surface area contributed by atoms with Crippen LogP contribution in [0.1, 0.15) is 29.8 Å². The summed E-state index contributed by atoms with van der Waals surface area (Å²) in [5.74, 6) is 0.113. The Morgan fingerprint density at radius 1 is 1.17 bits per heavy atom. The number of benzene rings is 2. The highest BCUT2D eigenvalue weighted by molar-refractivity contribution is 9.10. The number of fused-ring (bicyclic) bond motifs is 3. The van der Waals surface area contributed by atoms with E-state index in [2.05, 4.69) is 45.2 Å². The van der Waals surface area contributed by atoms with Gasteiger partial charge in [-0.25, -0.2) is 0 Å². The smallest absolute Gasteiger partial charge is 0.220 e. The summed E-state index contributed by atoms with van der Waals surface area (Å²) >= 11 is 3.67. The van der Waals surface area contributed by atoms with Crippen LogP contribution in [0.5, 0.6) is 0 Å². The van der Waals surface area contributed by atoms with Crippen molar-refractivity contribution in [2.45, 2.75) is 19.4 Å². The first-order chi connectivity index (χ1) is 11.2. The van der Waals surface area contributed by atoms with Gasteiger partial charge in [-0.3, -0.25) is 4.79 Å². The van der Waals surface area contributed by atoms with Gasteiger partial charge in [0, 0.05) is 34.5 Å². The molecule has 0 radical (unpaired) electrons. The Kier molecular flexibility index (Phi) is 3.49. The molecule has 1 aromatic heterocycles. The van der Waals surface area contributed by atoms with Crippen LogP contribution in [-0.4, -0.2) is 22.3 Å². The van der Waals surface area contributed by atoms with Crippen molar-refractivity contribution in [1.82, 2.24) is 9.88 Å². The second-order valence-electron chi connectivity index (χ2n) is 5.96. The Bertz CT molecular complexity index is 885. The number of nitrogens with zero attached hydrogens (tertiary/aromatic N) is 1. The van der Waals surface area contributed by atoms with Crippen LogP contribution in [0.25, 0.3) is 10.9 Å². The van der Waals surface area contributed by atoms with E-state index in [9.17, 15) is 4.79 Å². The summed E-state index contributed by atoms with van der Waals surface area (Å²) in [5.41, 5.74) is 4.72. The molecule has 1 amide bonds. The minimum absolute atomic E-state index is 0.0447. The van der Waals surface area contributed by atoms with Crippen LogP contribution < -0.4 is 0 Å². The minimum atomic E-state index is -0.0447. The molecule has 0 saturated heterocycles. The molecule has 3 nitrogen and oxygen atoms in total. The molecule has 0 fully saturated rings. The molecule has 1 aliphatic rings. The number of carbonyl (C=O) groups is 1. The molecule has 1 atom stereocenters. The van der Waals surface area contributed by atoms with E-state index in [4.69, 9.17) is 0 Å². The summed E-state index contributed by atoms with van der Waals surface area (Å²) in [6.07, 6.45) is 0.876. The first kappa shape index (κ1) is 14.5. The monoisotopic (exact) mass is 368 g/mol. The van der Waals surface area contributed by atoms with Gasteiger partial charge in [-0.1, -0.05) is 52.3 Å². The molecule has 2 heterocycles. The quantitative estimate of drug-likeness (QED) is 0.677. The van der Waals surface area contributed by atoms with Crippen molar-refractivity contribution in [3.63, 3.8) is 0 Å². The van der Waals surface area contributed by atoms with Crippen LogP contribution in [0.4, 0.5) is 0 Å². The molecule has 4 heteroatoms. The highest BCUT2D eigenvalue weighted by Crippen LogP contribution is 2.40. The average Bonchev–Trinajstić information content (AvgIpc) is 2.94. The van der Waals surface area contributed by atoms with Crippen LogP contribution in [0.2, 0.25) is 0 Å². The van der Waals surface area contributed by atoms with E-state index < -0.39 is 0 Å². The minimum Gasteiger partial charge on any atom is -0.356 e. The molecule has 116 valence electrons. The summed E-state index contributed by atoms with van der Waals surface area (Å²) in [6.45, 7) is 2.40. The molecule has 23 heavy (non-hydrogen) atoms. The van der Waals surface area contributed by atoms with Crippen molar-refractivity contribution < 1.29 is 4.79 Å². The lowest BCUT2D eigenvalue weighted by molar-refractivity contribution is -0.130. The summed E-state index contributed by atoms with van der Waals surface area (Å²) in [6, 6.07) is 16.4. The van der Waals surface area contributed by atoms with Crippen LogP contribution in [0.15, 0.2) is 53.0 Å². The van der Waals surface area contributed by atoms with Gasteiger partial charge < -0.3 is 9.88 Å². The number of rotatable bonds is 1. The number of amides is 1. The zero-order valence-electron chi connectivity index (χ0n) is 12.8. The standard InChI is InChI=1S/C19H17BrN2O/c1-12(23)22-11-10-14-17-15(20)8-5-9-16(17)21-18(14)19(22)13-6-3-2-4-7-13/h2-9,19,21H,10-11H2,1H3. The van der Waals surface area contributed by atoms with E-state index in [1.807, 2.05) is 29.2 Å². The fraction of sp³-hybridized carbons (Fsp3) is 0.211. The Morgan fingerprint density at radius 3 is 2.70 bits per heavy atom. The number of hydrogen-bond acceptors (Lipinski definition) is 1. The number of aromatic amines is 1. The molecule has 0 bridgehead atoms. The number of carbonyl (C=O) groups excluding carboxylic acids is 1. The number of nitrogens with one attached hydrogen (secondary N) is 1. The molecule has 0 spiro atoms. The van der Waals surface area contributed by atoms with E-state index >= 15 is 0 Å². The molecule has 2 aromatic carbocycles. The molecule has 1 aliphatic heterocycles. The number of H-pyrrole nitrogens is 1. The van der Waals surface area contributed by atoms with Crippen molar-refractivity contribution in [3.8, 4) is 0 Å². The van der Waals surface area contributed by atoms with Gasteiger partial charge >= 0.3 is 0 Å². The predicted octanol–water partition coefficient (Wildman–Crippen LogP) is 4.42. The third kappa shape index (κ3) is 2.29. The van der Waals surface area contributed by atoms with Gasteiger partial charge in [-0.2, -0.15) is 0 Å². The predicted molar refractivity (Wildman–Crippen MR) is 95.4 cm³/mol. The maximum atomic E-state index is 12.2. The maximum absolute atomic E-state index is 12.2. The Hall–Kier alpha value is -2.07. The van der Waals surface area contributed by atoms with Gasteiger partial charge in [0.15, 0.2) is 0 Å².